The minimum atomic E-state index is 0.0866. The molecule has 2 aromatic rings. The second-order valence-corrected chi connectivity index (χ2v) is 7.02. The summed E-state index contributed by atoms with van der Waals surface area (Å²) in [4.78, 5) is 15.1. The van der Waals surface area contributed by atoms with Crippen LogP contribution in [0.5, 0.6) is 0 Å². The zero-order chi connectivity index (χ0) is 12.3. The van der Waals surface area contributed by atoms with E-state index in [1.165, 1.54) is 16.2 Å². The zero-order valence-electron chi connectivity index (χ0n) is 9.35. The van der Waals surface area contributed by atoms with Crippen molar-refractivity contribution in [1.29, 1.82) is 0 Å². The largest absolute Gasteiger partial charge is 0.341 e. The number of halogens is 1. The van der Waals surface area contributed by atoms with E-state index in [0.29, 0.717) is 0 Å². The zero-order valence-corrected chi connectivity index (χ0v) is 12.6. The summed E-state index contributed by atoms with van der Waals surface area (Å²) in [5, 5.41) is 3.95. The minimum absolute atomic E-state index is 0.0866. The van der Waals surface area contributed by atoms with E-state index >= 15 is 0 Å². The predicted octanol–water partition coefficient (Wildman–Crippen LogP) is 3.89. The van der Waals surface area contributed by atoms with Gasteiger partial charge in [-0.25, -0.2) is 0 Å². The van der Waals surface area contributed by atoms with Crippen LogP contribution in [0.4, 0.5) is 0 Å². The molecule has 90 valence electrons. The minimum Gasteiger partial charge on any atom is -0.341 e. The third kappa shape index (κ3) is 3.40. The second-order valence-electron chi connectivity index (χ2n) is 3.70. The molecule has 0 unspecified atom stereocenters. The molecule has 0 aliphatic rings. The molecule has 0 aliphatic carbocycles. The number of carbonyl (C=O) groups excluding carboxylic acids is 1. The van der Waals surface area contributed by atoms with E-state index in [1.54, 1.807) is 16.2 Å². The molecule has 2 heterocycles. The van der Waals surface area contributed by atoms with Gasteiger partial charge in [0, 0.05) is 23.8 Å². The van der Waals surface area contributed by atoms with Crippen LogP contribution in [0.3, 0.4) is 0 Å². The first-order valence-electron chi connectivity index (χ1n) is 5.18. The molecule has 2 nitrogen and oxygen atoms in total. The van der Waals surface area contributed by atoms with Gasteiger partial charge in [0.05, 0.1) is 9.35 Å². The van der Waals surface area contributed by atoms with Gasteiger partial charge in [0.1, 0.15) is 0 Å². The SMILES string of the molecule is CN(CCc1cccs1)C(=O)c1csc(Br)c1. The van der Waals surface area contributed by atoms with Gasteiger partial charge >= 0.3 is 0 Å². The Bertz CT molecular complexity index is 492. The maximum atomic E-state index is 12.0. The Balaban J connectivity index is 1.91. The average Bonchev–Trinajstić information content (AvgIpc) is 2.95. The van der Waals surface area contributed by atoms with Gasteiger partial charge in [0.25, 0.3) is 5.91 Å². The molecule has 2 rings (SSSR count). The van der Waals surface area contributed by atoms with Crippen molar-refractivity contribution in [3.05, 3.63) is 43.2 Å². The molecule has 0 saturated carbocycles. The first kappa shape index (κ1) is 12.8. The molecule has 0 atom stereocenters. The monoisotopic (exact) mass is 329 g/mol. The number of thiophene rings is 2. The molecule has 0 aliphatic heterocycles. The molecule has 5 heteroatoms. The Morgan fingerprint density at radius 1 is 1.47 bits per heavy atom. The summed E-state index contributed by atoms with van der Waals surface area (Å²) in [6.07, 6.45) is 0.922. The Kier molecular flexibility index (Phi) is 4.36. The summed E-state index contributed by atoms with van der Waals surface area (Å²) in [6.45, 7) is 0.757. The highest BCUT2D eigenvalue weighted by Gasteiger charge is 2.13. The molecule has 0 radical (unpaired) electrons. The maximum absolute atomic E-state index is 12.0. The van der Waals surface area contributed by atoms with Gasteiger partial charge in [-0.1, -0.05) is 6.07 Å². The van der Waals surface area contributed by atoms with Crippen molar-refractivity contribution in [3.63, 3.8) is 0 Å². The summed E-state index contributed by atoms with van der Waals surface area (Å²) in [5.41, 5.74) is 0.760. The van der Waals surface area contributed by atoms with E-state index in [9.17, 15) is 4.79 Å². The van der Waals surface area contributed by atoms with E-state index in [4.69, 9.17) is 0 Å². The van der Waals surface area contributed by atoms with E-state index in [-0.39, 0.29) is 5.91 Å². The van der Waals surface area contributed by atoms with Gasteiger partial charge in [-0.2, -0.15) is 0 Å². The number of hydrogen-bond donors (Lipinski definition) is 0. The smallest absolute Gasteiger partial charge is 0.254 e. The van der Waals surface area contributed by atoms with Gasteiger partial charge < -0.3 is 4.90 Å². The molecule has 0 N–H and O–H groups in total. The topological polar surface area (TPSA) is 20.3 Å². The highest BCUT2D eigenvalue weighted by Crippen LogP contribution is 2.21. The van der Waals surface area contributed by atoms with Crippen molar-refractivity contribution < 1.29 is 4.79 Å². The third-order valence-corrected chi connectivity index (χ3v) is 4.88. The van der Waals surface area contributed by atoms with E-state index in [0.717, 1.165) is 22.3 Å². The van der Waals surface area contributed by atoms with Gasteiger partial charge in [0.2, 0.25) is 0 Å². The number of likely N-dealkylation sites (N-methyl/N-ethyl adjacent to an activating group) is 1. The lowest BCUT2D eigenvalue weighted by molar-refractivity contribution is 0.0797. The molecule has 0 aromatic carbocycles. The number of rotatable bonds is 4. The van der Waals surface area contributed by atoms with Crippen LogP contribution in [0.15, 0.2) is 32.7 Å². The summed E-state index contributed by atoms with van der Waals surface area (Å²) >= 11 is 6.64. The molecule has 2 aromatic heterocycles. The molecular formula is C12H12BrNOS2. The first-order valence-corrected chi connectivity index (χ1v) is 7.74. The van der Waals surface area contributed by atoms with Crippen molar-refractivity contribution in [2.75, 3.05) is 13.6 Å². The Hall–Kier alpha value is -0.650. The Labute approximate surface area is 117 Å². The number of nitrogens with zero attached hydrogens (tertiary/aromatic N) is 1. The Morgan fingerprint density at radius 3 is 2.88 bits per heavy atom. The van der Waals surface area contributed by atoms with Crippen LogP contribution in [0.25, 0.3) is 0 Å². The lowest BCUT2D eigenvalue weighted by atomic mass is 10.2. The van der Waals surface area contributed by atoms with Gasteiger partial charge in [-0.3, -0.25) is 4.79 Å². The van der Waals surface area contributed by atoms with Crippen molar-refractivity contribution in [2.24, 2.45) is 0 Å². The normalized spacial score (nSPS) is 10.5. The molecule has 1 amide bonds. The van der Waals surface area contributed by atoms with Crippen LogP contribution in [-0.2, 0) is 6.42 Å². The van der Waals surface area contributed by atoms with Crippen LogP contribution in [0, 0.1) is 0 Å². The fraction of sp³-hybridized carbons (Fsp3) is 0.250. The van der Waals surface area contributed by atoms with E-state index < -0.39 is 0 Å². The quantitative estimate of drug-likeness (QED) is 0.833. The lowest BCUT2D eigenvalue weighted by Crippen LogP contribution is -2.28. The molecule has 0 bridgehead atoms. The van der Waals surface area contributed by atoms with Crippen LogP contribution in [0.1, 0.15) is 15.2 Å². The van der Waals surface area contributed by atoms with E-state index in [1.807, 2.05) is 24.6 Å². The van der Waals surface area contributed by atoms with Gasteiger partial charge in [0.15, 0.2) is 0 Å². The predicted molar refractivity (Wildman–Crippen MR) is 77.0 cm³/mol. The number of carbonyl (C=O) groups is 1. The highest BCUT2D eigenvalue weighted by molar-refractivity contribution is 9.11. The highest BCUT2D eigenvalue weighted by atomic mass is 79.9. The fourth-order valence-electron chi connectivity index (χ4n) is 1.48. The molecule has 17 heavy (non-hydrogen) atoms. The van der Waals surface area contributed by atoms with Crippen LogP contribution < -0.4 is 0 Å². The number of amides is 1. The van der Waals surface area contributed by atoms with Crippen molar-refractivity contribution >= 4 is 44.5 Å². The maximum Gasteiger partial charge on any atom is 0.254 e. The Morgan fingerprint density at radius 2 is 2.29 bits per heavy atom. The van der Waals surface area contributed by atoms with Crippen LogP contribution in [-0.4, -0.2) is 24.4 Å². The number of hydrogen-bond acceptors (Lipinski definition) is 3. The molecule has 0 spiro atoms. The lowest BCUT2D eigenvalue weighted by Gasteiger charge is -2.15. The van der Waals surface area contributed by atoms with Crippen molar-refractivity contribution in [1.82, 2.24) is 4.90 Å². The van der Waals surface area contributed by atoms with Crippen molar-refractivity contribution in [3.8, 4) is 0 Å². The summed E-state index contributed by atoms with van der Waals surface area (Å²) in [6, 6.07) is 6.01. The summed E-state index contributed by atoms with van der Waals surface area (Å²) in [7, 11) is 1.85. The molecular weight excluding hydrogens is 318 g/mol. The summed E-state index contributed by atoms with van der Waals surface area (Å²) in [5.74, 6) is 0.0866. The second kappa shape index (κ2) is 5.80. The molecule has 0 saturated heterocycles. The van der Waals surface area contributed by atoms with Crippen molar-refractivity contribution in [2.45, 2.75) is 6.42 Å². The third-order valence-electron chi connectivity index (χ3n) is 2.43. The van der Waals surface area contributed by atoms with Crippen LogP contribution in [0.2, 0.25) is 0 Å². The summed E-state index contributed by atoms with van der Waals surface area (Å²) < 4.78 is 0.993. The first-order chi connectivity index (χ1) is 8.16. The fourth-order valence-corrected chi connectivity index (χ4v) is 3.31. The standard InChI is InChI=1S/C12H12BrNOS2/c1-14(5-4-10-3-2-6-16-10)12(15)9-7-11(13)17-8-9/h2-3,6-8H,4-5H2,1H3. The van der Waals surface area contributed by atoms with E-state index in [2.05, 4.69) is 27.4 Å². The average molecular weight is 330 g/mol. The van der Waals surface area contributed by atoms with Crippen LogP contribution >= 0.6 is 38.6 Å². The van der Waals surface area contributed by atoms with Gasteiger partial charge in [-0.15, -0.1) is 22.7 Å². The molecule has 0 fully saturated rings. The van der Waals surface area contributed by atoms with Gasteiger partial charge in [-0.05, 0) is 39.9 Å².